The van der Waals surface area contributed by atoms with Crippen LogP contribution in [0.3, 0.4) is 0 Å². The van der Waals surface area contributed by atoms with Crippen molar-refractivity contribution in [1.29, 1.82) is 0 Å². The number of carbonyl (C=O) groups excluding carboxylic acids is 1. The molecule has 0 aliphatic carbocycles. The molecule has 1 heterocycles. The number of aromatic amines is 1. The van der Waals surface area contributed by atoms with E-state index in [1.54, 1.807) is 0 Å². The molecule has 4 heteroatoms. The molecule has 0 bridgehead atoms. The van der Waals surface area contributed by atoms with Crippen LogP contribution in [0.25, 0.3) is 10.9 Å². The zero-order valence-electron chi connectivity index (χ0n) is 14.0. The van der Waals surface area contributed by atoms with Gasteiger partial charge in [-0.15, -0.1) is 0 Å². The van der Waals surface area contributed by atoms with Crippen LogP contribution < -0.4 is 11.1 Å². The highest BCUT2D eigenvalue weighted by molar-refractivity contribution is 5.95. The lowest BCUT2D eigenvalue weighted by Crippen LogP contribution is -2.37. The summed E-state index contributed by atoms with van der Waals surface area (Å²) in [5, 5.41) is 4.01. The monoisotopic (exact) mass is 321 g/mol. The third kappa shape index (κ3) is 3.49. The molecular formula is C20H23N3O. The standard InChI is InChI=1S/C20H23N3O/c1-13(2)14-7-9-16(10-8-14)23-20(24)18(21)11-15-12-22-19-6-4-3-5-17(15)19/h3-10,12-13,18,22H,11,21H2,1-2H3,(H,23,24)/t18-/m0/s1. The second-order valence-corrected chi connectivity index (χ2v) is 6.44. The van der Waals surface area contributed by atoms with E-state index in [1.807, 2.05) is 54.7 Å². The first-order chi connectivity index (χ1) is 11.5. The molecule has 0 fully saturated rings. The van der Waals surface area contributed by atoms with Gasteiger partial charge in [0.05, 0.1) is 6.04 Å². The van der Waals surface area contributed by atoms with Crippen LogP contribution in [0, 0.1) is 0 Å². The van der Waals surface area contributed by atoms with Crippen molar-refractivity contribution in [2.75, 3.05) is 5.32 Å². The molecule has 3 rings (SSSR count). The fraction of sp³-hybridized carbons (Fsp3) is 0.250. The maximum Gasteiger partial charge on any atom is 0.241 e. The van der Waals surface area contributed by atoms with Gasteiger partial charge in [0.1, 0.15) is 0 Å². The Morgan fingerprint density at radius 1 is 1.12 bits per heavy atom. The van der Waals surface area contributed by atoms with Crippen molar-refractivity contribution in [3.05, 3.63) is 65.9 Å². The molecule has 0 radical (unpaired) electrons. The zero-order chi connectivity index (χ0) is 17.1. The Balaban J connectivity index is 1.66. The predicted octanol–water partition coefficient (Wildman–Crippen LogP) is 3.80. The van der Waals surface area contributed by atoms with Crippen LogP contribution in [0.1, 0.15) is 30.9 Å². The molecule has 2 aromatic carbocycles. The molecule has 0 aliphatic rings. The predicted molar refractivity (Wildman–Crippen MR) is 99.1 cm³/mol. The summed E-state index contributed by atoms with van der Waals surface area (Å²) in [5.74, 6) is 0.302. The zero-order valence-corrected chi connectivity index (χ0v) is 14.0. The lowest BCUT2D eigenvalue weighted by atomic mass is 10.0. The highest BCUT2D eigenvalue weighted by Crippen LogP contribution is 2.20. The highest BCUT2D eigenvalue weighted by Gasteiger charge is 2.16. The Labute approximate surface area is 142 Å². The van der Waals surface area contributed by atoms with Crippen LogP contribution in [0.5, 0.6) is 0 Å². The minimum Gasteiger partial charge on any atom is -0.361 e. The van der Waals surface area contributed by atoms with Gasteiger partial charge in [0.15, 0.2) is 0 Å². The van der Waals surface area contributed by atoms with Gasteiger partial charge in [0.2, 0.25) is 5.91 Å². The SMILES string of the molecule is CC(C)c1ccc(NC(=O)[C@@H](N)Cc2c[nH]c3ccccc23)cc1. The van der Waals surface area contributed by atoms with Crippen molar-refractivity contribution >= 4 is 22.5 Å². The van der Waals surface area contributed by atoms with Gasteiger partial charge >= 0.3 is 0 Å². The summed E-state index contributed by atoms with van der Waals surface area (Å²) in [6.45, 7) is 4.29. The van der Waals surface area contributed by atoms with Crippen molar-refractivity contribution in [2.24, 2.45) is 5.73 Å². The van der Waals surface area contributed by atoms with E-state index in [1.165, 1.54) is 5.56 Å². The number of benzene rings is 2. The van der Waals surface area contributed by atoms with Crippen molar-refractivity contribution < 1.29 is 4.79 Å². The van der Waals surface area contributed by atoms with E-state index in [-0.39, 0.29) is 5.91 Å². The van der Waals surface area contributed by atoms with E-state index in [0.717, 1.165) is 22.2 Å². The first kappa shape index (κ1) is 16.3. The summed E-state index contributed by atoms with van der Waals surface area (Å²) < 4.78 is 0. The quantitative estimate of drug-likeness (QED) is 0.669. The topological polar surface area (TPSA) is 70.9 Å². The fourth-order valence-electron chi connectivity index (χ4n) is 2.82. The number of para-hydroxylation sites is 1. The smallest absolute Gasteiger partial charge is 0.241 e. The van der Waals surface area contributed by atoms with Gasteiger partial charge in [-0.3, -0.25) is 4.79 Å². The summed E-state index contributed by atoms with van der Waals surface area (Å²) >= 11 is 0. The van der Waals surface area contributed by atoms with Crippen LogP contribution in [-0.2, 0) is 11.2 Å². The second kappa shape index (κ2) is 6.89. The van der Waals surface area contributed by atoms with Crippen molar-refractivity contribution in [3.63, 3.8) is 0 Å². The van der Waals surface area contributed by atoms with Crippen LogP contribution in [0.4, 0.5) is 5.69 Å². The molecule has 24 heavy (non-hydrogen) atoms. The largest absolute Gasteiger partial charge is 0.361 e. The molecule has 0 saturated carbocycles. The Morgan fingerprint density at radius 3 is 2.54 bits per heavy atom. The number of fused-ring (bicyclic) bond motifs is 1. The molecule has 0 saturated heterocycles. The lowest BCUT2D eigenvalue weighted by molar-refractivity contribution is -0.117. The third-order valence-electron chi connectivity index (χ3n) is 4.30. The van der Waals surface area contributed by atoms with E-state index < -0.39 is 6.04 Å². The first-order valence-corrected chi connectivity index (χ1v) is 8.26. The molecule has 3 aromatic rings. The van der Waals surface area contributed by atoms with Crippen LogP contribution in [0.2, 0.25) is 0 Å². The molecule has 0 unspecified atom stereocenters. The molecular weight excluding hydrogens is 298 g/mol. The van der Waals surface area contributed by atoms with Gasteiger partial charge in [-0.05, 0) is 41.7 Å². The minimum atomic E-state index is -0.589. The average molecular weight is 321 g/mol. The van der Waals surface area contributed by atoms with Crippen LogP contribution in [0.15, 0.2) is 54.7 Å². The number of nitrogens with two attached hydrogens (primary N) is 1. The molecule has 0 aliphatic heterocycles. The molecule has 1 aromatic heterocycles. The van der Waals surface area contributed by atoms with Gasteiger partial charge in [-0.25, -0.2) is 0 Å². The van der Waals surface area contributed by atoms with Gasteiger partial charge in [0, 0.05) is 22.8 Å². The molecule has 1 atom stereocenters. The molecule has 1 amide bonds. The highest BCUT2D eigenvalue weighted by atomic mass is 16.2. The number of H-pyrrole nitrogens is 1. The number of hydrogen-bond acceptors (Lipinski definition) is 2. The van der Waals surface area contributed by atoms with Gasteiger partial charge in [0.25, 0.3) is 0 Å². The van der Waals surface area contributed by atoms with Gasteiger partial charge in [-0.2, -0.15) is 0 Å². The Morgan fingerprint density at radius 2 is 1.83 bits per heavy atom. The summed E-state index contributed by atoms with van der Waals surface area (Å²) in [7, 11) is 0. The summed E-state index contributed by atoms with van der Waals surface area (Å²) in [6, 6.07) is 15.3. The first-order valence-electron chi connectivity index (χ1n) is 8.26. The second-order valence-electron chi connectivity index (χ2n) is 6.44. The summed E-state index contributed by atoms with van der Waals surface area (Å²) in [6.07, 6.45) is 2.43. The minimum absolute atomic E-state index is 0.169. The summed E-state index contributed by atoms with van der Waals surface area (Å²) in [4.78, 5) is 15.6. The number of rotatable bonds is 5. The number of amides is 1. The van der Waals surface area contributed by atoms with E-state index in [4.69, 9.17) is 5.73 Å². The van der Waals surface area contributed by atoms with Gasteiger partial charge in [-0.1, -0.05) is 44.2 Å². The van der Waals surface area contributed by atoms with Gasteiger partial charge < -0.3 is 16.0 Å². The van der Waals surface area contributed by atoms with Crippen molar-refractivity contribution in [3.8, 4) is 0 Å². The molecule has 124 valence electrons. The Bertz CT molecular complexity index is 833. The fourth-order valence-corrected chi connectivity index (χ4v) is 2.82. The van der Waals surface area contributed by atoms with E-state index in [0.29, 0.717) is 12.3 Å². The van der Waals surface area contributed by atoms with Crippen LogP contribution in [-0.4, -0.2) is 16.9 Å². The number of carbonyl (C=O) groups is 1. The molecule has 4 nitrogen and oxygen atoms in total. The Kier molecular flexibility index (Phi) is 4.67. The van der Waals surface area contributed by atoms with Crippen LogP contribution >= 0.6 is 0 Å². The van der Waals surface area contributed by atoms with Crippen molar-refractivity contribution in [1.82, 2.24) is 4.98 Å². The lowest BCUT2D eigenvalue weighted by Gasteiger charge is -2.13. The molecule has 0 spiro atoms. The third-order valence-corrected chi connectivity index (χ3v) is 4.30. The maximum atomic E-state index is 12.3. The van der Waals surface area contributed by atoms with Crippen molar-refractivity contribution in [2.45, 2.75) is 32.2 Å². The molecule has 4 N–H and O–H groups in total. The normalized spacial score (nSPS) is 12.5. The Hall–Kier alpha value is -2.59. The maximum absolute atomic E-state index is 12.3. The van der Waals surface area contributed by atoms with E-state index >= 15 is 0 Å². The van der Waals surface area contributed by atoms with E-state index in [2.05, 4.69) is 24.1 Å². The number of nitrogens with one attached hydrogen (secondary N) is 2. The number of anilines is 1. The van der Waals surface area contributed by atoms with E-state index in [9.17, 15) is 4.79 Å². The summed E-state index contributed by atoms with van der Waals surface area (Å²) in [5.41, 5.74) is 10.2. The average Bonchev–Trinajstić information content (AvgIpc) is 2.98. The number of hydrogen-bond donors (Lipinski definition) is 3. The number of aromatic nitrogens is 1.